The minimum absolute atomic E-state index is 0.0947. The van der Waals surface area contributed by atoms with Gasteiger partial charge in [0.15, 0.2) is 0 Å². The molecule has 0 saturated heterocycles. The molecule has 0 heterocycles. The number of carbonyl (C=O) groups is 1. The van der Waals surface area contributed by atoms with Gasteiger partial charge >= 0.3 is 0 Å². The molecule has 1 aromatic rings. The number of hydrogen-bond acceptors (Lipinski definition) is 3. The zero-order valence-electron chi connectivity index (χ0n) is 12.3. The van der Waals surface area contributed by atoms with Crippen LogP contribution in [0, 0.1) is 0 Å². The summed E-state index contributed by atoms with van der Waals surface area (Å²) < 4.78 is 5.14. The van der Waals surface area contributed by atoms with E-state index in [9.17, 15) is 4.79 Å². The fourth-order valence-electron chi connectivity index (χ4n) is 2.61. The summed E-state index contributed by atoms with van der Waals surface area (Å²) in [6.45, 7) is 2.42. The molecule has 2 rings (SSSR count). The highest BCUT2D eigenvalue weighted by Gasteiger charge is 2.17. The van der Waals surface area contributed by atoms with Crippen LogP contribution in [0.5, 0.6) is 5.75 Å². The van der Waals surface area contributed by atoms with Crippen LogP contribution in [0.4, 0.5) is 0 Å². The second-order valence-electron chi connectivity index (χ2n) is 5.42. The van der Waals surface area contributed by atoms with E-state index in [2.05, 4.69) is 17.6 Å². The van der Waals surface area contributed by atoms with Crippen LogP contribution < -0.4 is 15.4 Å². The van der Waals surface area contributed by atoms with E-state index >= 15 is 0 Å². The maximum Gasteiger partial charge on any atom is 0.234 e. The van der Waals surface area contributed by atoms with Gasteiger partial charge in [-0.3, -0.25) is 4.79 Å². The lowest BCUT2D eigenvalue weighted by Gasteiger charge is -2.16. The molecule has 0 spiro atoms. The third kappa shape index (κ3) is 4.23. The second-order valence-corrected chi connectivity index (χ2v) is 5.42. The lowest BCUT2D eigenvalue weighted by atomic mass is 10.1. The summed E-state index contributed by atoms with van der Waals surface area (Å²) in [7, 11) is 1.66. The monoisotopic (exact) mass is 276 g/mol. The molecule has 2 N–H and O–H groups in total. The predicted octanol–water partition coefficient (Wildman–Crippen LogP) is 2.40. The van der Waals surface area contributed by atoms with Crippen LogP contribution in [0.15, 0.2) is 24.3 Å². The fraction of sp³-hybridized carbons (Fsp3) is 0.562. The zero-order valence-corrected chi connectivity index (χ0v) is 12.3. The van der Waals surface area contributed by atoms with E-state index < -0.39 is 0 Å². The highest BCUT2D eigenvalue weighted by molar-refractivity contribution is 5.78. The first-order valence-electron chi connectivity index (χ1n) is 7.35. The van der Waals surface area contributed by atoms with Crippen molar-refractivity contribution in [3.63, 3.8) is 0 Å². The van der Waals surface area contributed by atoms with Crippen molar-refractivity contribution in [2.75, 3.05) is 13.7 Å². The molecule has 1 amide bonds. The summed E-state index contributed by atoms with van der Waals surface area (Å²) in [5.74, 6) is 0.942. The van der Waals surface area contributed by atoms with Crippen molar-refractivity contribution in [1.29, 1.82) is 0 Å². The Kier molecular flexibility index (Phi) is 5.41. The minimum atomic E-state index is 0.0947. The van der Waals surface area contributed by atoms with E-state index in [1.54, 1.807) is 7.11 Å². The topological polar surface area (TPSA) is 50.4 Å². The summed E-state index contributed by atoms with van der Waals surface area (Å²) >= 11 is 0. The third-order valence-corrected chi connectivity index (χ3v) is 3.90. The SMILES string of the molecule is COc1ccc(C(C)NCC(=O)NC2CCCC2)cc1. The van der Waals surface area contributed by atoms with E-state index in [1.807, 2.05) is 24.3 Å². The summed E-state index contributed by atoms with van der Waals surface area (Å²) in [5, 5.41) is 6.34. The van der Waals surface area contributed by atoms with Crippen LogP contribution in [-0.4, -0.2) is 25.6 Å². The molecule has 0 radical (unpaired) electrons. The van der Waals surface area contributed by atoms with Crippen molar-refractivity contribution in [1.82, 2.24) is 10.6 Å². The molecule has 4 nitrogen and oxygen atoms in total. The van der Waals surface area contributed by atoms with Gasteiger partial charge in [0.1, 0.15) is 5.75 Å². The Bertz CT molecular complexity index is 425. The summed E-state index contributed by atoms with van der Waals surface area (Å²) in [4.78, 5) is 11.8. The molecule has 110 valence electrons. The number of nitrogens with one attached hydrogen (secondary N) is 2. The second kappa shape index (κ2) is 7.29. The Morgan fingerprint density at radius 1 is 1.30 bits per heavy atom. The number of rotatable bonds is 6. The largest absolute Gasteiger partial charge is 0.497 e. The molecule has 1 saturated carbocycles. The Morgan fingerprint density at radius 3 is 2.55 bits per heavy atom. The number of benzene rings is 1. The van der Waals surface area contributed by atoms with Gasteiger partial charge in [0.25, 0.3) is 0 Å². The summed E-state index contributed by atoms with van der Waals surface area (Å²) in [6.07, 6.45) is 4.72. The zero-order chi connectivity index (χ0) is 14.4. The smallest absolute Gasteiger partial charge is 0.234 e. The maximum atomic E-state index is 11.8. The maximum absolute atomic E-state index is 11.8. The van der Waals surface area contributed by atoms with Gasteiger partial charge < -0.3 is 15.4 Å². The van der Waals surface area contributed by atoms with E-state index in [0.717, 1.165) is 24.2 Å². The van der Waals surface area contributed by atoms with Gasteiger partial charge in [-0.05, 0) is 37.5 Å². The van der Waals surface area contributed by atoms with Gasteiger partial charge in [0.2, 0.25) is 5.91 Å². The molecule has 1 fully saturated rings. The molecule has 1 aromatic carbocycles. The lowest BCUT2D eigenvalue weighted by Crippen LogP contribution is -2.39. The summed E-state index contributed by atoms with van der Waals surface area (Å²) in [6, 6.07) is 8.45. The molecule has 20 heavy (non-hydrogen) atoms. The molecule has 1 aliphatic carbocycles. The Balaban J connectivity index is 1.75. The van der Waals surface area contributed by atoms with Gasteiger partial charge in [-0.25, -0.2) is 0 Å². The number of methoxy groups -OCH3 is 1. The molecular formula is C16H24N2O2. The van der Waals surface area contributed by atoms with E-state index in [-0.39, 0.29) is 11.9 Å². The predicted molar refractivity (Wildman–Crippen MR) is 79.8 cm³/mol. The van der Waals surface area contributed by atoms with Crippen molar-refractivity contribution in [2.45, 2.75) is 44.7 Å². The van der Waals surface area contributed by atoms with Crippen LogP contribution in [0.3, 0.4) is 0 Å². The van der Waals surface area contributed by atoms with Crippen molar-refractivity contribution in [3.05, 3.63) is 29.8 Å². The van der Waals surface area contributed by atoms with Crippen molar-refractivity contribution in [2.24, 2.45) is 0 Å². The van der Waals surface area contributed by atoms with E-state index in [0.29, 0.717) is 12.6 Å². The Labute approximate surface area is 120 Å². The molecule has 0 bridgehead atoms. The van der Waals surface area contributed by atoms with Crippen LogP contribution in [0.25, 0.3) is 0 Å². The van der Waals surface area contributed by atoms with Crippen LogP contribution in [-0.2, 0) is 4.79 Å². The number of ether oxygens (including phenoxy) is 1. The molecule has 0 aliphatic heterocycles. The van der Waals surface area contributed by atoms with Crippen molar-refractivity contribution >= 4 is 5.91 Å². The molecule has 1 aliphatic rings. The minimum Gasteiger partial charge on any atom is -0.497 e. The number of hydrogen-bond donors (Lipinski definition) is 2. The van der Waals surface area contributed by atoms with Gasteiger partial charge in [0.05, 0.1) is 13.7 Å². The third-order valence-electron chi connectivity index (χ3n) is 3.90. The Morgan fingerprint density at radius 2 is 1.95 bits per heavy atom. The molecule has 1 atom stereocenters. The average molecular weight is 276 g/mol. The number of amides is 1. The highest BCUT2D eigenvalue weighted by Crippen LogP contribution is 2.18. The van der Waals surface area contributed by atoms with Gasteiger partial charge in [-0.15, -0.1) is 0 Å². The molecular weight excluding hydrogens is 252 g/mol. The molecule has 4 heteroatoms. The fourth-order valence-corrected chi connectivity index (χ4v) is 2.61. The van der Waals surface area contributed by atoms with Crippen LogP contribution >= 0.6 is 0 Å². The van der Waals surface area contributed by atoms with Crippen molar-refractivity contribution < 1.29 is 9.53 Å². The first-order valence-corrected chi connectivity index (χ1v) is 7.35. The van der Waals surface area contributed by atoms with Crippen molar-refractivity contribution in [3.8, 4) is 5.75 Å². The average Bonchev–Trinajstić information content (AvgIpc) is 2.97. The first-order chi connectivity index (χ1) is 9.69. The van der Waals surface area contributed by atoms with Crippen LogP contribution in [0.1, 0.15) is 44.2 Å². The Hall–Kier alpha value is -1.55. The first kappa shape index (κ1) is 14.9. The quantitative estimate of drug-likeness (QED) is 0.839. The van der Waals surface area contributed by atoms with E-state index in [1.165, 1.54) is 12.8 Å². The lowest BCUT2D eigenvalue weighted by molar-refractivity contribution is -0.121. The molecule has 1 unspecified atom stereocenters. The van der Waals surface area contributed by atoms with Gasteiger partial charge in [-0.1, -0.05) is 25.0 Å². The van der Waals surface area contributed by atoms with Crippen LogP contribution in [0.2, 0.25) is 0 Å². The normalized spacial score (nSPS) is 16.9. The number of carbonyl (C=O) groups excluding carboxylic acids is 1. The van der Waals surface area contributed by atoms with Gasteiger partial charge in [0, 0.05) is 12.1 Å². The van der Waals surface area contributed by atoms with Gasteiger partial charge in [-0.2, -0.15) is 0 Å². The molecule has 0 aromatic heterocycles. The summed E-state index contributed by atoms with van der Waals surface area (Å²) in [5.41, 5.74) is 1.15. The van der Waals surface area contributed by atoms with E-state index in [4.69, 9.17) is 4.74 Å². The highest BCUT2D eigenvalue weighted by atomic mass is 16.5. The standard InChI is InChI=1S/C16H24N2O2/c1-12(13-7-9-15(20-2)10-8-13)17-11-16(19)18-14-5-3-4-6-14/h7-10,12,14,17H,3-6,11H2,1-2H3,(H,18,19).